The van der Waals surface area contributed by atoms with E-state index < -0.39 is 11.1 Å². The van der Waals surface area contributed by atoms with Gasteiger partial charge in [-0.3, -0.25) is 14.5 Å². The van der Waals surface area contributed by atoms with Gasteiger partial charge in [-0.2, -0.15) is 0 Å². The number of hydrogen-bond acceptors (Lipinski definition) is 5. The molecule has 1 saturated heterocycles. The van der Waals surface area contributed by atoms with E-state index in [4.69, 9.17) is 27.9 Å². The molecule has 1 aliphatic heterocycles. The molecule has 0 aliphatic carbocycles. The quantitative estimate of drug-likeness (QED) is 0.556. The minimum atomic E-state index is -0.455. The topological polar surface area (TPSA) is 66.8 Å². The van der Waals surface area contributed by atoms with Crippen LogP contribution in [0.1, 0.15) is 5.56 Å². The molecule has 2 aromatic rings. The second-order valence-electron chi connectivity index (χ2n) is 5.44. The minimum Gasteiger partial charge on any atom is -0.506 e. The highest BCUT2D eigenvalue weighted by Gasteiger charge is 2.35. The summed E-state index contributed by atoms with van der Waals surface area (Å²) < 4.78 is 6.17. The molecule has 1 heterocycles. The van der Waals surface area contributed by atoms with Crippen LogP contribution in [0.2, 0.25) is 10.0 Å². The molecular weight excluding hydrogens is 477 g/mol. The van der Waals surface area contributed by atoms with Gasteiger partial charge in [-0.05, 0) is 42.1 Å². The van der Waals surface area contributed by atoms with Crippen LogP contribution in [-0.4, -0.2) is 34.3 Å². The SMILES string of the molecule is O=C1S/C(=C\c2cc(Br)cc(Cl)c2O)C(=O)N1CCOc1ccccc1Cl. The molecule has 0 aromatic heterocycles. The molecule has 140 valence electrons. The van der Waals surface area contributed by atoms with E-state index in [1.54, 1.807) is 30.3 Å². The van der Waals surface area contributed by atoms with Crippen LogP contribution in [0.25, 0.3) is 6.08 Å². The number of phenolic OH excluding ortho intramolecular Hbond substituents is 1. The maximum Gasteiger partial charge on any atom is 0.293 e. The zero-order chi connectivity index (χ0) is 19.6. The van der Waals surface area contributed by atoms with Crippen molar-refractivity contribution in [3.05, 3.63) is 61.4 Å². The first kappa shape index (κ1) is 20.1. The molecule has 0 saturated carbocycles. The van der Waals surface area contributed by atoms with Crippen molar-refractivity contribution in [2.45, 2.75) is 0 Å². The van der Waals surface area contributed by atoms with Crippen LogP contribution in [0.5, 0.6) is 11.5 Å². The summed E-state index contributed by atoms with van der Waals surface area (Å²) in [6.07, 6.45) is 1.44. The standard InChI is InChI=1S/C18H12BrCl2NO4S/c19-11-7-10(16(23)13(21)9-11)8-15-17(24)22(18(25)27-15)5-6-26-14-4-2-1-3-12(14)20/h1-4,7-9,23H,5-6H2/b15-8-. The number of benzene rings is 2. The fourth-order valence-corrected chi connectivity index (χ4v) is 4.22. The maximum atomic E-state index is 12.5. The number of thioether (sulfide) groups is 1. The summed E-state index contributed by atoms with van der Waals surface area (Å²) in [7, 11) is 0. The van der Waals surface area contributed by atoms with Crippen molar-refractivity contribution in [2.24, 2.45) is 0 Å². The number of hydrogen-bond donors (Lipinski definition) is 1. The Balaban J connectivity index is 1.71. The number of nitrogens with zero attached hydrogens (tertiary/aromatic N) is 1. The number of imide groups is 1. The van der Waals surface area contributed by atoms with Gasteiger partial charge in [-0.25, -0.2) is 0 Å². The van der Waals surface area contributed by atoms with E-state index in [2.05, 4.69) is 15.9 Å². The highest BCUT2D eigenvalue weighted by molar-refractivity contribution is 9.10. The molecule has 27 heavy (non-hydrogen) atoms. The summed E-state index contributed by atoms with van der Waals surface area (Å²) in [6.45, 7) is 0.196. The van der Waals surface area contributed by atoms with Gasteiger partial charge >= 0.3 is 0 Å². The number of ether oxygens (including phenoxy) is 1. The lowest BCUT2D eigenvalue weighted by molar-refractivity contribution is -0.123. The van der Waals surface area contributed by atoms with Gasteiger partial charge in [-0.15, -0.1) is 0 Å². The van der Waals surface area contributed by atoms with E-state index in [0.29, 0.717) is 20.8 Å². The van der Waals surface area contributed by atoms with Crippen molar-refractivity contribution in [3.63, 3.8) is 0 Å². The van der Waals surface area contributed by atoms with Crippen molar-refractivity contribution in [1.29, 1.82) is 0 Å². The second-order valence-corrected chi connectivity index (χ2v) is 8.16. The Morgan fingerprint density at radius 1 is 1.19 bits per heavy atom. The lowest BCUT2D eigenvalue weighted by Crippen LogP contribution is -2.32. The van der Waals surface area contributed by atoms with Gasteiger partial charge in [0.15, 0.2) is 0 Å². The van der Waals surface area contributed by atoms with E-state index in [1.807, 2.05) is 0 Å². The zero-order valence-electron chi connectivity index (χ0n) is 13.6. The fourth-order valence-electron chi connectivity index (χ4n) is 2.34. The van der Waals surface area contributed by atoms with Crippen LogP contribution >= 0.6 is 50.9 Å². The van der Waals surface area contributed by atoms with Crippen molar-refractivity contribution in [2.75, 3.05) is 13.2 Å². The summed E-state index contributed by atoms with van der Waals surface area (Å²) in [4.78, 5) is 26.0. The van der Waals surface area contributed by atoms with Crippen LogP contribution in [0.4, 0.5) is 4.79 Å². The molecule has 1 N–H and O–H groups in total. The number of phenols is 1. The van der Waals surface area contributed by atoms with E-state index >= 15 is 0 Å². The van der Waals surface area contributed by atoms with Crippen molar-refractivity contribution in [1.82, 2.24) is 4.90 Å². The first-order chi connectivity index (χ1) is 12.9. The number of carbonyl (C=O) groups is 2. The summed E-state index contributed by atoms with van der Waals surface area (Å²) in [5, 5.41) is 10.2. The number of para-hydroxylation sites is 1. The minimum absolute atomic E-state index is 0.0818. The Labute approximate surface area is 178 Å². The fraction of sp³-hybridized carbons (Fsp3) is 0.111. The number of halogens is 3. The predicted octanol–water partition coefficient (Wildman–Crippen LogP) is 5.58. The summed E-state index contributed by atoms with van der Waals surface area (Å²) >= 11 is 16.0. The molecule has 0 bridgehead atoms. The number of aromatic hydroxyl groups is 1. The van der Waals surface area contributed by atoms with Crippen molar-refractivity contribution in [3.8, 4) is 11.5 Å². The molecule has 0 spiro atoms. The van der Waals surface area contributed by atoms with Gasteiger partial charge in [0.05, 0.1) is 21.5 Å². The van der Waals surface area contributed by atoms with Gasteiger partial charge < -0.3 is 9.84 Å². The number of rotatable bonds is 5. The van der Waals surface area contributed by atoms with Gasteiger partial charge in [0.1, 0.15) is 18.1 Å². The Morgan fingerprint density at radius 3 is 2.67 bits per heavy atom. The Hall–Kier alpha value is -1.67. The van der Waals surface area contributed by atoms with Crippen LogP contribution in [0.15, 0.2) is 45.8 Å². The average Bonchev–Trinajstić information content (AvgIpc) is 2.88. The second kappa shape index (κ2) is 8.56. The largest absolute Gasteiger partial charge is 0.506 e. The van der Waals surface area contributed by atoms with E-state index in [1.165, 1.54) is 12.1 Å². The highest BCUT2D eigenvalue weighted by atomic mass is 79.9. The Bertz CT molecular complexity index is 951. The first-order valence-electron chi connectivity index (χ1n) is 7.67. The third-order valence-electron chi connectivity index (χ3n) is 3.63. The monoisotopic (exact) mass is 487 g/mol. The van der Waals surface area contributed by atoms with E-state index in [9.17, 15) is 14.7 Å². The summed E-state index contributed by atoms with van der Waals surface area (Å²) in [5.74, 6) is -0.132. The Morgan fingerprint density at radius 2 is 1.93 bits per heavy atom. The van der Waals surface area contributed by atoms with E-state index in [-0.39, 0.29) is 28.8 Å². The molecule has 2 aromatic carbocycles. The number of carbonyl (C=O) groups excluding carboxylic acids is 2. The van der Waals surface area contributed by atoms with Gasteiger partial charge in [0.2, 0.25) is 0 Å². The number of amides is 2. The average molecular weight is 489 g/mol. The lowest BCUT2D eigenvalue weighted by atomic mass is 10.2. The Kier molecular flexibility index (Phi) is 6.37. The highest BCUT2D eigenvalue weighted by Crippen LogP contribution is 2.37. The van der Waals surface area contributed by atoms with Crippen molar-refractivity contribution >= 4 is 68.1 Å². The van der Waals surface area contributed by atoms with Crippen LogP contribution in [-0.2, 0) is 4.79 Å². The van der Waals surface area contributed by atoms with Crippen molar-refractivity contribution < 1.29 is 19.4 Å². The third kappa shape index (κ3) is 4.60. The van der Waals surface area contributed by atoms with E-state index in [0.717, 1.165) is 16.7 Å². The molecule has 3 rings (SSSR count). The summed E-state index contributed by atoms with van der Waals surface area (Å²) in [5.41, 5.74) is 0.340. The van der Waals surface area contributed by atoms with Crippen LogP contribution in [0.3, 0.4) is 0 Å². The molecule has 1 aliphatic rings. The summed E-state index contributed by atoms with van der Waals surface area (Å²) in [6, 6.07) is 10.1. The molecule has 0 unspecified atom stereocenters. The molecule has 2 amide bonds. The van der Waals surface area contributed by atoms with Crippen LogP contribution in [0, 0.1) is 0 Å². The maximum absolute atomic E-state index is 12.5. The van der Waals surface area contributed by atoms with Gasteiger partial charge in [0, 0.05) is 10.0 Å². The molecule has 1 fully saturated rings. The molecule has 5 nitrogen and oxygen atoms in total. The van der Waals surface area contributed by atoms with Crippen LogP contribution < -0.4 is 4.74 Å². The normalized spacial score (nSPS) is 15.7. The predicted molar refractivity (Wildman–Crippen MR) is 110 cm³/mol. The zero-order valence-corrected chi connectivity index (χ0v) is 17.5. The molecular formula is C18H12BrCl2NO4S. The first-order valence-corrected chi connectivity index (χ1v) is 10.0. The molecule has 0 atom stereocenters. The molecule has 0 radical (unpaired) electrons. The molecule has 9 heteroatoms. The third-order valence-corrected chi connectivity index (χ3v) is 5.59. The van der Waals surface area contributed by atoms with Gasteiger partial charge in [0.25, 0.3) is 11.1 Å². The van der Waals surface area contributed by atoms with Gasteiger partial charge in [-0.1, -0.05) is 51.3 Å². The smallest absolute Gasteiger partial charge is 0.293 e. The lowest BCUT2D eigenvalue weighted by Gasteiger charge is -2.13.